The molecule has 1 N–H and O–H groups in total. The number of aromatic nitrogens is 1. The van der Waals surface area contributed by atoms with Gasteiger partial charge in [-0.1, -0.05) is 30.3 Å². The molecule has 2 rings (SSSR count). The largest absolute Gasteiger partial charge is 0.367 e. The second-order valence-corrected chi connectivity index (χ2v) is 7.68. The maximum atomic E-state index is 12.3. The molecule has 1 aromatic carbocycles. The third kappa shape index (κ3) is 3.52. The second kappa shape index (κ2) is 6.55. The molecule has 0 aliphatic rings. The van der Waals surface area contributed by atoms with Gasteiger partial charge in [-0.05, 0) is 19.4 Å². The lowest BCUT2D eigenvalue weighted by molar-refractivity contribution is -0.129. The van der Waals surface area contributed by atoms with Crippen molar-refractivity contribution in [3.63, 3.8) is 0 Å². The number of rotatable bonds is 5. The van der Waals surface area contributed by atoms with Gasteiger partial charge >= 0.3 is 0 Å². The number of carbonyl (C=O) groups excluding carboxylic acids is 1. The molecule has 0 saturated carbocycles. The summed E-state index contributed by atoms with van der Waals surface area (Å²) in [5, 5.41) is 0.622. The Kier molecular flexibility index (Phi) is 4.94. The molecule has 0 aliphatic heterocycles. The minimum atomic E-state index is -3.96. The molecule has 1 atom stereocenters. The van der Waals surface area contributed by atoms with Crippen molar-refractivity contribution >= 4 is 27.3 Å². The predicted molar refractivity (Wildman–Crippen MR) is 83.1 cm³/mol. The van der Waals surface area contributed by atoms with E-state index in [1.807, 2.05) is 0 Å². The second-order valence-electron chi connectivity index (χ2n) is 4.60. The fourth-order valence-electron chi connectivity index (χ4n) is 2.02. The molecule has 2 aromatic rings. The van der Waals surface area contributed by atoms with Crippen LogP contribution < -0.4 is 4.72 Å². The maximum Gasteiger partial charge on any atom is 0.275 e. The van der Waals surface area contributed by atoms with Gasteiger partial charge in [-0.25, -0.2) is 18.1 Å². The van der Waals surface area contributed by atoms with Crippen LogP contribution in [0.25, 0.3) is 0 Å². The molecule has 1 heterocycles. The van der Waals surface area contributed by atoms with E-state index in [0.717, 1.165) is 11.3 Å². The van der Waals surface area contributed by atoms with Gasteiger partial charge in [-0.2, -0.15) is 0 Å². The van der Waals surface area contributed by atoms with E-state index in [0.29, 0.717) is 16.3 Å². The number of carbonyl (C=O) groups is 1. The van der Waals surface area contributed by atoms with Gasteiger partial charge in [-0.3, -0.25) is 4.79 Å². The summed E-state index contributed by atoms with van der Waals surface area (Å²) in [6, 6.07) is 8.69. The Hall–Kier alpha value is -1.77. The number of benzene rings is 1. The van der Waals surface area contributed by atoms with Crippen LogP contribution >= 0.6 is 11.3 Å². The zero-order chi connectivity index (χ0) is 16.3. The lowest BCUT2D eigenvalue weighted by Crippen LogP contribution is -2.35. The standard InChI is InChI=1S/C14H16N2O4S2/c1-9-14(21-10(2)15-9)22(18,19)16-13(17)12(20-3)11-7-5-4-6-8-11/h4-8,12H,1-3H3,(H,16,17)/t12-/m0/s1. The summed E-state index contributed by atoms with van der Waals surface area (Å²) in [7, 11) is -2.60. The first-order valence-corrected chi connectivity index (χ1v) is 8.73. The number of hydrogen-bond donors (Lipinski definition) is 1. The smallest absolute Gasteiger partial charge is 0.275 e. The van der Waals surface area contributed by atoms with E-state index in [9.17, 15) is 13.2 Å². The van der Waals surface area contributed by atoms with Crippen molar-refractivity contribution in [2.24, 2.45) is 0 Å². The number of thiazole rings is 1. The zero-order valence-corrected chi connectivity index (χ0v) is 14.0. The number of methoxy groups -OCH3 is 1. The van der Waals surface area contributed by atoms with E-state index in [1.54, 1.807) is 44.2 Å². The maximum absolute atomic E-state index is 12.3. The molecule has 1 aromatic heterocycles. The van der Waals surface area contributed by atoms with Gasteiger partial charge in [0.1, 0.15) is 0 Å². The number of hydrogen-bond acceptors (Lipinski definition) is 6. The monoisotopic (exact) mass is 340 g/mol. The van der Waals surface area contributed by atoms with Crippen LogP contribution in [0.15, 0.2) is 34.5 Å². The Morgan fingerprint density at radius 3 is 2.41 bits per heavy atom. The average molecular weight is 340 g/mol. The summed E-state index contributed by atoms with van der Waals surface area (Å²) in [5.41, 5.74) is 0.950. The van der Waals surface area contributed by atoms with Crippen LogP contribution in [-0.4, -0.2) is 26.4 Å². The first-order chi connectivity index (χ1) is 10.3. The van der Waals surface area contributed by atoms with Crippen LogP contribution in [0.2, 0.25) is 0 Å². The zero-order valence-electron chi connectivity index (χ0n) is 12.4. The molecule has 8 heteroatoms. The van der Waals surface area contributed by atoms with Crippen LogP contribution in [0.5, 0.6) is 0 Å². The molecular formula is C14H16N2O4S2. The molecule has 118 valence electrons. The van der Waals surface area contributed by atoms with E-state index in [4.69, 9.17) is 4.74 Å². The van der Waals surface area contributed by atoms with Crippen molar-refractivity contribution in [3.05, 3.63) is 46.6 Å². The number of nitrogens with zero attached hydrogens (tertiary/aromatic N) is 1. The number of sulfonamides is 1. The van der Waals surface area contributed by atoms with Gasteiger partial charge < -0.3 is 4.74 Å². The van der Waals surface area contributed by atoms with Gasteiger partial charge in [0.05, 0.1) is 10.7 Å². The summed E-state index contributed by atoms with van der Waals surface area (Å²) in [6.45, 7) is 3.30. The Morgan fingerprint density at radius 1 is 1.27 bits per heavy atom. The molecule has 1 amide bonds. The fraction of sp³-hybridized carbons (Fsp3) is 0.286. The molecular weight excluding hydrogens is 324 g/mol. The molecule has 0 fully saturated rings. The van der Waals surface area contributed by atoms with Gasteiger partial charge in [0, 0.05) is 7.11 Å². The topological polar surface area (TPSA) is 85.4 Å². The van der Waals surface area contributed by atoms with E-state index in [1.165, 1.54) is 7.11 Å². The lowest BCUT2D eigenvalue weighted by Gasteiger charge is -2.15. The number of nitrogens with one attached hydrogen (secondary N) is 1. The molecule has 0 bridgehead atoms. The Labute approximate surface area is 133 Å². The van der Waals surface area contributed by atoms with Crippen LogP contribution in [0, 0.1) is 13.8 Å². The molecule has 0 saturated heterocycles. The summed E-state index contributed by atoms with van der Waals surface area (Å²) in [5.74, 6) is -0.737. The van der Waals surface area contributed by atoms with Crippen molar-refractivity contribution in [3.8, 4) is 0 Å². The molecule has 0 unspecified atom stereocenters. The van der Waals surface area contributed by atoms with Crippen LogP contribution in [-0.2, 0) is 19.6 Å². The molecule has 6 nitrogen and oxygen atoms in total. The van der Waals surface area contributed by atoms with Crippen LogP contribution in [0.1, 0.15) is 22.4 Å². The van der Waals surface area contributed by atoms with Crippen molar-refractivity contribution in [2.75, 3.05) is 7.11 Å². The average Bonchev–Trinajstić information content (AvgIpc) is 2.80. The highest BCUT2D eigenvalue weighted by Gasteiger charge is 2.28. The summed E-state index contributed by atoms with van der Waals surface area (Å²) < 4.78 is 31.8. The van der Waals surface area contributed by atoms with E-state index < -0.39 is 22.0 Å². The Bertz CT molecular complexity index is 769. The number of aryl methyl sites for hydroxylation is 2. The summed E-state index contributed by atoms with van der Waals surface area (Å²) in [4.78, 5) is 16.3. The molecule has 0 aliphatic carbocycles. The fourth-order valence-corrected chi connectivity index (χ4v) is 4.49. The van der Waals surface area contributed by atoms with Gasteiger partial charge in [0.15, 0.2) is 10.3 Å². The van der Waals surface area contributed by atoms with E-state index >= 15 is 0 Å². The third-order valence-electron chi connectivity index (χ3n) is 2.92. The summed E-state index contributed by atoms with van der Waals surface area (Å²) >= 11 is 1.02. The highest BCUT2D eigenvalue weighted by Crippen LogP contribution is 2.24. The lowest BCUT2D eigenvalue weighted by atomic mass is 10.1. The Morgan fingerprint density at radius 2 is 1.91 bits per heavy atom. The number of ether oxygens (including phenoxy) is 1. The normalized spacial score (nSPS) is 12.9. The first-order valence-electron chi connectivity index (χ1n) is 6.43. The molecule has 0 spiro atoms. The van der Waals surface area contributed by atoms with Gasteiger partial charge in [0.2, 0.25) is 0 Å². The van der Waals surface area contributed by atoms with Crippen LogP contribution in [0.3, 0.4) is 0 Å². The highest BCUT2D eigenvalue weighted by molar-refractivity contribution is 7.92. The third-order valence-corrected chi connectivity index (χ3v) is 5.95. The Balaban J connectivity index is 2.25. The molecule has 0 radical (unpaired) electrons. The predicted octanol–water partition coefficient (Wildman–Crippen LogP) is 1.95. The molecule has 22 heavy (non-hydrogen) atoms. The first kappa shape index (κ1) is 16.6. The van der Waals surface area contributed by atoms with Crippen molar-refractivity contribution in [1.82, 2.24) is 9.71 Å². The number of amides is 1. The van der Waals surface area contributed by atoms with Gasteiger partial charge in [-0.15, -0.1) is 11.3 Å². The van der Waals surface area contributed by atoms with Crippen molar-refractivity contribution in [1.29, 1.82) is 0 Å². The minimum absolute atomic E-state index is 0.0428. The van der Waals surface area contributed by atoms with E-state index in [2.05, 4.69) is 9.71 Å². The SMILES string of the molecule is CO[C@H](C(=O)NS(=O)(=O)c1sc(C)nc1C)c1ccccc1. The van der Waals surface area contributed by atoms with Crippen molar-refractivity contribution in [2.45, 2.75) is 24.2 Å². The van der Waals surface area contributed by atoms with Crippen molar-refractivity contribution < 1.29 is 17.9 Å². The van der Waals surface area contributed by atoms with Crippen LogP contribution in [0.4, 0.5) is 0 Å². The quantitative estimate of drug-likeness (QED) is 0.899. The summed E-state index contributed by atoms with van der Waals surface area (Å²) in [6.07, 6.45) is -0.995. The van der Waals surface area contributed by atoms with Gasteiger partial charge in [0.25, 0.3) is 15.9 Å². The minimum Gasteiger partial charge on any atom is -0.367 e. The van der Waals surface area contributed by atoms with E-state index in [-0.39, 0.29) is 4.21 Å². The highest BCUT2D eigenvalue weighted by atomic mass is 32.2.